The van der Waals surface area contributed by atoms with Crippen molar-refractivity contribution in [2.45, 2.75) is 30.5 Å². The number of carbonyl (C=O) groups is 3. The third kappa shape index (κ3) is 3.35. The number of hydrogen-bond donors (Lipinski definition) is 0. The maximum atomic E-state index is 13.5. The highest BCUT2D eigenvalue weighted by atomic mass is 32.2. The van der Waals surface area contributed by atoms with Gasteiger partial charge >= 0.3 is 6.18 Å². The number of alkyl halides is 3. The number of ketones is 3. The molecule has 0 unspecified atom stereocenters. The largest absolute Gasteiger partial charge is 0.434 e. The molecule has 1 aliphatic carbocycles. The van der Waals surface area contributed by atoms with Crippen molar-refractivity contribution in [1.29, 1.82) is 0 Å². The number of fused-ring (bicyclic) bond motifs is 1. The summed E-state index contributed by atoms with van der Waals surface area (Å²) in [4.78, 5) is 44.1. The van der Waals surface area contributed by atoms with Gasteiger partial charge < -0.3 is 0 Å². The van der Waals surface area contributed by atoms with Gasteiger partial charge in [-0.05, 0) is 30.9 Å². The SMILES string of the molecule is CSc1ccc2cc(C(=O)C3C(=O)CCCC3=O)c(C(F)(F)F)nc2n1. The zero-order valence-electron chi connectivity index (χ0n) is 13.6. The third-order valence-corrected chi connectivity index (χ3v) is 4.79. The molecule has 0 aliphatic heterocycles. The molecule has 0 aromatic carbocycles. The van der Waals surface area contributed by atoms with E-state index >= 15 is 0 Å². The molecule has 26 heavy (non-hydrogen) atoms. The molecule has 9 heteroatoms. The molecule has 0 bridgehead atoms. The first kappa shape index (κ1) is 18.5. The van der Waals surface area contributed by atoms with Gasteiger partial charge in [-0.3, -0.25) is 14.4 Å². The minimum absolute atomic E-state index is 0.00312. The first-order chi connectivity index (χ1) is 12.2. The summed E-state index contributed by atoms with van der Waals surface area (Å²) in [7, 11) is 0. The van der Waals surface area contributed by atoms with Crippen molar-refractivity contribution in [3.63, 3.8) is 0 Å². The summed E-state index contributed by atoms with van der Waals surface area (Å²) in [6.07, 6.45) is -2.88. The molecule has 3 rings (SSSR count). The van der Waals surface area contributed by atoms with E-state index in [4.69, 9.17) is 0 Å². The van der Waals surface area contributed by atoms with Gasteiger partial charge in [-0.25, -0.2) is 9.97 Å². The lowest BCUT2D eigenvalue weighted by molar-refractivity contribution is -0.142. The van der Waals surface area contributed by atoms with Crippen molar-refractivity contribution in [2.75, 3.05) is 6.26 Å². The molecular weight excluding hydrogens is 369 g/mol. The monoisotopic (exact) mass is 382 g/mol. The second-order valence-corrected chi connectivity index (χ2v) is 6.69. The van der Waals surface area contributed by atoms with Crippen LogP contribution in [0.4, 0.5) is 13.2 Å². The summed E-state index contributed by atoms with van der Waals surface area (Å²) in [5.41, 5.74) is -2.34. The molecule has 0 amide bonds. The van der Waals surface area contributed by atoms with E-state index in [1.807, 2.05) is 0 Å². The second kappa shape index (κ2) is 6.79. The summed E-state index contributed by atoms with van der Waals surface area (Å²) in [5.74, 6) is -4.11. The van der Waals surface area contributed by atoms with Gasteiger partial charge in [0.1, 0.15) is 5.92 Å². The Morgan fingerprint density at radius 2 is 1.81 bits per heavy atom. The van der Waals surface area contributed by atoms with E-state index in [-0.39, 0.29) is 23.9 Å². The van der Waals surface area contributed by atoms with Crippen molar-refractivity contribution < 1.29 is 27.6 Å². The Hall–Kier alpha value is -2.29. The van der Waals surface area contributed by atoms with E-state index in [9.17, 15) is 27.6 Å². The van der Waals surface area contributed by atoms with Crippen LogP contribution in [0.5, 0.6) is 0 Å². The third-order valence-electron chi connectivity index (χ3n) is 4.15. The van der Waals surface area contributed by atoms with Crippen LogP contribution in [0.2, 0.25) is 0 Å². The minimum atomic E-state index is -4.92. The Labute approximate surface area is 150 Å². The van der Waals surface area contributed by atoms with Gasteiger partial charge in [-0.1, -0.05) is 0 Å². The predicted molar refractivity (Wildman–Crippen MR) is 88.0 cm³/mol. The molecule has 2 aromatic heterocycles. The average Bonchev–Trinajstić information content (AvgIpc) is 2.59. The number of Topliss-reactive ketones (excluding diaryl/α,β-unsaturated/α-hetero) is 3. The molecule has 2 aromatic rings. The molecule has 1 saturated carbocycles. The molecule has 2 heterocycles. The van der Waals surface area contributed by atoms with Crippen molar-refractivity contribution in [2.24, 2.45) is 5.92 Å². The number of rotatable bonds is 3. The van der Waals surface area contributed by atoms with Gasteiger partial charge in [-0.2, -0.15) is 13.2 Å². The van der Waals surface area contributed by atoms with Gasteiger partial charge in [0.05, 0.1) is 10.6 Å². The standard InChI is InChI=1S/C17H13F3N2O3S/c1-26-12-6-5-8-7-9(15(17(18,19)20)22-16(8)21-12)14(25)13-10(23)3-2-4-11(13)24/h5-7,13H,2-4H2,1H3. The smallest absolute Gasteiger partial charge is 0.298 e. The number of hydrogen-bond acceptors (Lipinski definition) is 6. The summed E-state index contributed by atoms with van der Waals surface area (Å²) in [6.45, 7) is 0. The fourth-order valence-electron chi connectivity index (χ4n) is 2.90. The van der Waals surface area contributed by atoms with E-state index in [1.165, 1.54) is 17.8 Å². The molecule has 1 aliphatic rings. The molecule has 5 nitrogen and oxygen atoms in total. The molecule has 0 saturated heterocycles. The summed E-state index contributed by atoms with van der Waals surface area (Å²) < 4.78 is 40.4. The van der Waals surface area contributed by atoms with Crippen LogP contribution in [0, 0.1) is 5.92 Å². The number of nitrogens with zero attached hydrogens (tertiary/aromatic N) is 2. The topological polar surface area (TPSA) is 77.0 Å². The normalized spacial score (nSPS) is 16.3. The van der Waals surface area contributed by atoms with Crippen LogP contribution >= 0.6 is 11.8 Å². The first-order valence-corrected chi connectivity index (χ1v) is 8.97. The maximum absolute atomic E-state index is 13.5. The number of aromatic nitrogens is 2. The Bertz CT molecular complexity index is 911. The lowest BCUT2D eigenvalue weighted by Gasteiger charge is -2.20. The van der Waals surface area contributed by atoms with E-state index in [2.05, 4.69) is 9.97 Å². The molecule has 0 spiro atoms. The van der Waals surface area contributed by atoms with Crippen LogP contribution in [0.15, 0.2) is 23.2 Å². The Balaban J connectivity index is 2.18. The number of thioether (sulfide) groups is 1. The first-order valence-electron chi connectivity index (χ1n) is 7.75. The summed E-state index contributed by atoms with van der Waals surface area (Å²) in [5, 5.41) is 0.713. The lowest BCUT2D eigenvalue weighted by atomic mass is 9.81. The molecule has 0 N–H and O–H groups in total. The second-order valence-electron chi connectivity index (χ2n) is 5.87. The fourth-order valence-corrected chi connectivity index (χ4v) is 3.29. The Kier molecular flexibility index (Phi) is 4.83. The lowest BCUT2D eigenvalue weighted by Crippen LogP contribution is -2.36. The van der Waals surface area contributed by atoms with Crippen molar-refractivity contribution in [3.05, 3.63) is 29.5 Å². The summed E-state index contributed by atoms with van der Waals surface area (Å²) >= 11 is 1.24. The zero-order chi connectivity index (χ0) is 19.1. The molecule has 136 valence electrons. The highest BCUT2D eigenvalue weighted by molar-refractivity contribution is 7.98. The van der Waals surface area contributed by atoms with Gasteiger partial charge in [0.2, 0.25) is 0 Å². The highest BCUT2D eigenvalue weighted by Gasteiger charge is 2.43. The summed E-state index contributed by atoms with van der Waals surface area (Å²) in [6, 6.07) is 4.11. The van der Waals surface area contributed by atoms with E-state index in [0.717, 1.165) is 6.07 Å². The van der Waals surface area contributed by atoms with Gasteiger partial charge in [0.25, 0.3) is 0 Å². The zero-order valence-corrected chi connectivity index (χ0v) is 14.4. The Morgan fingerprint density at radius 3 is 2.38 bits per heavy atom. The quantitative estimate of drug-likeness (QED) is 0.459. The number of pyridine rings is 2. The van der Waals surface area contributed by atoms with Crippen LogP contribution in [-0.2, 0) is 15.8 Å². The van der Waals surface area contributed by atoms with Gasteiger partial charge in [0, 0.05) is 18.2 Å². The van der Waals surface area contributed by atoms with Crippen molar-refractivity contribution >= 4 is 40.1 Å². The predicted octanol–water partition coefficient (Wildman–Crippen LogP) is 3.49. The van der Waals surface area contributed by atoms with Gasteiger partial charge in [0.15, 0.2) is 28.7 Å². The van der Waals surface area contributed by atoms with Crippen molar-refractivity contribution in [3.8, 4) is 0 Å². The molecule has 0 atom stereocenters. The average molecular weight is 382 g/mol. The number of carbonyl (C=O) groups excluding carboxylic acids is 3. The highest BCUT2D eigenvalue weighted by Crippen LogP contribution is 2.34. The minimum Gasteiger partial charge on any atom is -0.298 e. The van der Waals surface area contributed by atoms with Crippen LogP contribution in [-0.4, -0.2) is 33.6 Å². The van der Waals surface area contributed by atoms with E-state index < -0.39 is 40.7 Å². The molecular formula is C17H13F3N2O3S. The van der Waals surface area contributed by atoms with E-state index in [0.29, 0.717) is 11.4 Å². The Morgan fingerprint density at radius 1 is 1.15 bits per heavy atom. The fraction of sp³-hybridized carbons (Fsp3) is 0.353. The van der Waals surface area contributed by atoms with Crippen molar-refractivity contribution in [1.82, 2.24) is 9.97 Å². The van der Waals surface area contributed by atoms with Crippen LogP contribution in [0.25, 0.3) is 11.0 Å². The number of halogens is 3. The molecule has 0 radical (unpaired) electrons. The van der Waals surface area contributed by atoms with Crippen LogP contribution in [0.1, 0.15) is 35.3 Å². The van der Waals surface area contributed by atoms with Crippen LogP contribution in [0.3, 0.4) is 0 Å². The maximum Gasteiger partial charge on any atom is 0.434 e. The van der Waals surface area contributed by atoms with E-state index in [1.54, 1.807) is 12.3 Å². The molecule has 1 fully saturated rings. The van der Waals surface area contributed by atoms with Crippen LogP contribution < -0.4 is 0 Å². The van der Waals surface area contributed by atoms with Gasteiger partial charge in [-0.15, -0.1) is 11.8 Å².